The lowest BCUT2D eigenvalue weighted by atomic mass is 10.2. The molecule has 0 spiro atoms. The average Bonchev–Trinajstić information content (AvgIpc) is 2.91. The molecule has 0 saturated carbocycles. The maximum absolute atomic E-state index is 13.9. The van der Waals surface area contributed by atoms with Crippen LogP contribution in [0, 0.1) is 5.82 Å². The Kier molecular flexibility index (Phi) is 5.67. The Balaban J connectivity index is 1.89. The summed E-state index contributed by atoms with van der Waals surface area (Å²) in [5, 5.41) is 5.70. The standard InChI is InChI=1S/C14H19FN2O2S/c1-20-9-14(18)17-10-4-5-13(12(15)7-10)16-8-11-3-2-6-19-11/h4-5,7,11,16H,2-3,6,8-9H2,1H3,(H,17,18)/t11-/m1/s1. The van der Waals surface area contributed by atoms with Crippen LogP contribution in [-0.4, -0.2) is 37.2 Å². The van der Waals surface area contributed by atoms with Gasteiger partial charge in [-0.15, -0.1) is 0 Å². The number of amides is 1. The topological polar surface area (TPSA) is 50.4 Å². The fourth-order valence-electron chi connectivity index (χ4n) is 2.09. The molecule has 1 saturated heterocycles. The molecule has 110 valence electrons. The van der Waals surface area contributed by atoms with Crippen molar-refractivity contribution < 1.29 is 13.9 Å². The highest BCUT2D eigenvalue weighted by atomic mass is 32.2. The van der Waals surface area contributed by atoms with Gasteiger partial charge in [-0.2, -0.15) is 11.8 Å². The molecule has 6 heteroatoms. The second-order valence-electron chi connectivity index (χ2n) is 4.69. The number of rotatable bonds is 6. The van der Waals surface area contributed by atoms with E-state index < -0.39 is 0 Å². The Bertz CT molecular complexity index is 464. The van der Waals surface area contributed by atoms with Gasteiger partial charge in [-0.1, -0.05) is 0 Å². The third kappa shape index (κ3) is 4.38. The van der Waals surface area contributed by atoms with Crippen LogP contribution in [0.2, 0.25) is 0 Å². The van der Waals surface area contributed by atoms with Crippen LogP contribution in [0.15, 0.2) is 18.2 Å². The number of ether oxygens (including phenoxy) is 1. The number of hydrogen-bond acceptors (Lipinski definition) is 4. The van der Waals surface area contributed by atoms with Crippen LogP contribution in [-0.2, 0) is 9.53 Å². The second kappa shape index (κ2) is 7.50. The van der Waals surface area contributed by atoms with E-state index in [1.807, 2.05) is 6.26 Å². The summed E-state index contributed by atoms with van der Waals surface area (Å²) in [6, 6.07) is 4.66. The summed E-state index contributed by atoms with van der Waals surface area (Å²) in [6.45, 7) is 1.39. The normalized spacial score (nSPS) is 18.0. The van der Waals surface area contributed by atoms with Crippen LogP contribution in [0.3, 0.4) is 0 Å². The Morgan fingerprint density at radius 2 is 2.40 bits per heavy atom. The molecule has 0 aromatic heterocycles. The van der Waals surface area contributed by atoms with Crippen LogP contribution in [0.25, 0.3) is 0 Å². The predicted molar refractivity (Wildman–Crippen MR) is 80.9 cm³/mol. The van der Waals surface area contributed by atoms with Gasteiger partial charge in [-0.05, 0) is 37.3 Å². The second-order valence-corrected chi connectivity index (χ2v) is 5.56. The molecule has 4 nitrogen and oxygen atoms in total. The molecule has 1 aromatic rings. The minimum absolute atomic E-state index is 0.128. The molecule has 1 aliphatic rings. The van der Waals surface area contributed by atoms with E-state index in [0.29, 0.717) is 23.7 Å². The minimum atomic E-state index is -0.370. The molecule has 1 aromatic carbocycles. The lowest BCUT2D eigenvalue weighted by Gasteiger charge is -2.13. The van der Waals surface area contributed by atoms with Gasteiger partial charge >= 0.3 is 0 Å². The first kappa shape index (κ1) is 15.1. The van der Waals surface area contributed by atoms with Gasteiger partial charge in [-0.3, -0.25) is 4.79 Å². The van der Waals surface area contributed by atoms with E-state index >= 15 is 0 Å². The molecule has 1 aliphatic heterocycles. The summed E-state index contributed by atoms with van der Waals surface area (Å²) in [7, 11) is 0. The van der Waals surface area contributed by atoms with Crippen LogP contribution < -0.4 is 10.6 Å². The van der Waals surface area contributed by atoms with Crippen molar-refractivity contribution in [2.24, 2.45) is 0 Å². The summed E-state index contributed by atoms with van der Waals surface area (Å²) in [6.07, 6.45) is 4.08. The van der Waals surface area contributed by atoms with Crippen LogP contribution in [0.5, 0.6) is 0 Å². The summed E-state index contributed by atoms with van der Waals surface area (Å²) >= 11 is 1.43. The van der Waals surface area contributed by atoms with Crippen molar-refractivity contribution in [1.82, 2.24) is 0 Å². The molecular formula is C14H19FN2O2S. The van der Waals surface area contributed by atoms with E-state index in [1.165, 1.54) is 17.8 Å². The van der Waals surface area contributed by atoms with Gasteiger partial charge in [0.1, 0.15) is 5.82 Å². The van der Waals surface area contributed by atoms with Crippen molar-refractivity contribution in [3.8, 4) is 0 Å². The maximum atomic E-state index is 13.9. The van der Waals surface area contributed by atoms with Gasteiger partial charge in [0.05, 0.1) is 17.5 Å². The lowest BCUT2D eigenvalue weighted by molar-refractivity contribution is -0.113. The molecule has 1 fully saturated rings. The molecule has 1 atom stereocenters. The molecule has 20 heavy (non-hydrogen) atoms. The fourth-order valence-corrected chi connectivity index (χ4v) is 2.43. The summed E-state index contributed by atoms with van der Waals surface area (Å²) in [5.74, 6) is -0.136. The Morgan fingerprint density at radius 3 is 3.05 bits per heavy atom. The molecule has 0 unspecified atom stereocenters. The SMILES string of the molecule is CSCC(=O)Nc1ccc(NC[C@H]2CCCO2)c(F)c1. The van der Waals surface area contributed by atoms with Crippen molar-refractivity contribution in [3.05, 3.63) is 24.0 Å². The van der Waals surface area contributed by atoms with Gasteiger partial charge in [-0.25, -0.2) is 4.39 Å². The highest BCUT2D eigenvalue weighted by Crippen LogP contribution is 2.20. The van der Waals surface area contributed by atoms with Crippen LogP contribution in [0.1, 0.15) is 12.8 Å². The Hall–Kier alpha value is -1.27. The first-order chi connectivity index (χ1) is 9.69. The van der Waals surface area contributed by atoms with E-state index in [4.69, 9.17) is 4.74 Å². The number of anilines is 2. The van der Waals surface area contributed by atoms with Crippen molar-refractivity contribution >= 4 is 29.0 Å². The summed E-state index contributed by atoms with van der Waals surface area (Å²) in [4.78, 5) is 11.4. The smallest absolute Gasteiger partial charge is 0.234 e. The highest BCUT2D eigenvalue weighted by molar-refractivity contribution is 7.99. The molecule has 2 rings (SSSR count). The van der Waals surface area contributed by atoms with E-state index in [0.717, 1.165) is 19.4 Å². The molecule has 1 amide bonds. The zero-order valence-corrected chi connectivity index (χ0v) is 12.3. The number of carbonyl (C=O) groups is 1. The lowest BCUT2D eigenvalue weighted by Crippen LogP contribution is -2.19. The fraction of sp³-hybridized carbons (Fsp3) is 0.500. The number of thioether (sulfide) groups is 1. The van der Waals surface area contributed by atoms with E-state index in [-0.39, 0.29) is 17.8 Å². The van der Waals surface area contributed by atoms with Gasteiger partial charge in [0, 0.05) is 18.8 Å². The highest BCUT2D eigenvalue weighted by Gasteiger charge is 2.15. The number of carbonyl (C=O) groups excluding carboxylic acids is 1. The number of nitrogens with one attached hydrogen (secondary N) is 2. The first-order valence-electron chi connectivity index (χ1n) is 6.63. The van der Waals surface area contributed by atoms with E-state index in [1.54, 1.807) is 12.1 Å². The third-order valence-corrected chi connectivity index (χ3v) is 3.62. The quantitative estimate of drug-likeness (QED) is 0.848. The van der Waals surface area contributed by atoms with Gasteiger partial charge < -0.3 is 15.4 Å². The molecule has 0 bridgehead atoms. The van der Waals surface area contributed by atoms with Gasteiger partial charge in [0.25, 0.3) is 0 Å². The summed E-state index contributed by atoms with van der Waals surface area (Å²) < 4.78 is 19.4. The maximum Gasteiger partial charge on any atom is 0.234 e. The van der Waals surface area contributed by atoms with Crippen molar-refractivity contribution in [3.63, 3.8) is 0 Å². The number of benzene rings is 1. The largest absolute Gasteiger partial charge is 0.380 e. The molecule has 0 aliphatic carbocycles. The zero-order chi connectivity index (χ0) is 14.4. The summed E-state index contributed by atoms with van der Waals surface area (Å²) in [5.41, 5.74) is 0.910. The van der Waals surface area contributed by atoms with Crippen LogP contribution in [0.4, 0.5) is 15.8 Å². The van der Waals surface area contributed by atoms with E-state index in [9.17, 15) is 9.18 Å². The zero-order valence-electron chi connectivity index (χ0n) is 11.4. The Morgan fingerprint density at radius 1 is 1.55 bits per heavy atom. The van der Waals surface area contributed by atoms with Crippen molar-refractivity contribution in [2.75, 3.05) is 35.8 Å². The minimum Gasteiger partial charge on any atom is -0.380 e. The molecular weight excluding hydrogens is 279 g/mol. The van der Waals surface area contributed by atoms with Crippen molar-refractivity contribution in [1.29, 1.82) is 0 Å². The molecule has 0 radical (unpaired) electrons. The van der Waals surface area contributed by atoms with Gasteiger partial charge in [0.15, 0.2) is 0 Å². The third-order valence-electron chi connectivity index (χ3n) is 3.07. The average molecular weight is 298 g/mol. The first-order valence-corrected chi connectivity index (χ1v) is 8.02. The van der Waals surface area contributed by atoms with E-state index in [2.05, 4.69) is 10.6 Å². The Labute approximate surface area is 122 Å². The van der Waals surface area contributed by atoms with Gasteiger partial charge in [0.2, 0.25) is 5.91 Å². The molecule has 2 N–H and O–H groups in total. The van der Waals surface area contributed by atoms with Crippen LogP contribution >= 0.6 is 11.8 Å². The predicted octanol–water partition coefficient (Wildman–Crippen LogP) is 2.72. The molecule has 1 heterocycles. The monoisotopic (exact) mass is 298 g/mol. The number of halogens is 1. The van der Waals surface area contributed by atoms with Crippen molar-refractivity contribution in [2.45, 2.75) is 18.9 Å². The number of hydrogen-bond donors (Lipinski definition) is 2.